The van der Waals surface area contributed by atoms with E-state index in [1.165, 1.54) is 16.2 Å². The molecule has 0 spiro atoms. The van der Waals surface area contributed by atoms with Gasteiger partial charge >= 0.3 is 5.97 Å². The minimum atomic E-state index is -0.177. The third-order valence-corrected chi connectivity index (χ3v) is 4.85. The van der Waals surface area contributed by atoms with Gasteiger partial charge in [-0.1, -0.05) is 0 Å². The number of aryl methyl sites for hydroxylation is 2. The van der Waals surface area contributed by atoms with Crippen molar-refractivity contribution in [3.63, 3.8) is 0 Å². The first-order valence-electron chi connectivity index (χ1n) is 7.05. The van der Waals surface area contributed by atoms with E-state index in [0.717, 1.165) is 29.8 Å². The van der Waals surface area contributed by atoms with Crippen LogP contribution in [0.25, 0.3) is 0 Å². The zero-order valence-electron chi connectivity index (χ0n) is 12.3. The summed E-state index contributed by atoms with van der Waals surface area (Å²) in [6.45, 7) is 7.44. The summed E-state index contributed by atoms with van der Waals surface area (Å²) in [6.07, 6.45) is 1.67. The molecule has 1 saturated heterocycles. The molecule has 1 amide bonds. The van der Waals surface area contributed by atoms with Gasteiger partial charge in [-0.05, 0) is 45.2 Å². The Morgan fingerprint density at radius 3 is 2.80 bits per heavy atom. The molecule has 1 unspecified atom stereocenters. The quantitative estimate of drug-likeness (QED) is 0.806. The summed E-state index contributed by atoms with van der Waals surface area (Å²) in [5.41, 5.74) is 1.15. The van der Waals surface area contributed by atoms with E-state index in [0.29, 0.717) is 13.2 Å². The van der Waals surface area contributed by atoms with Gasteiger partial charge in [0.15, 0.2) is 0 Å². The normalized spacial score (nSPS) is 18.9. The third kappa shape index (κ3) is 3.20. The van der Waals surface area contributed by atoms with Crippen LogP contribution in [-0.4, -0.2) is 36.5 Å². The van der Waals surface area contributed by atoms with Crippen molar-refractivity contribution < 1.29 is 14.3 Å². The molecule has 1 aromatic rings. The van der Waals surface area contributed by atoms with E-state index < -0.39 is 0 Å². The van der Waals surface area contributed by atoms with Crippen LogP contribution >= 0.6 is 11.3 Å². The second kappa shape index (κ2) is 6.39. The van der Waals surface area contributed by atoms with Crippen LogP contribution in [0.15, 0.2) is 6.07 Å². The summed E-state index contributed by atoms with van der Waals surface area (Å²) >= 11 is 1.53. The molecule has 0 saturated carbocycles. The molecule has 2 heterocycles. The van der Waals surface area contributed by atoms with Crippen LogP contribution in [-0.2, 0) is 9.53 Å². The highest BCUT2D eigenvalue weighted by atomic mass is 32.1. The van der Waals surface area contributed by atoms with E-state index in [1.807, 2.05) is 19.9 Å². The van der Waals surface area contributed by atoms with Crippen LogP contribution < -0.4 is 0 Å². The number of carbonyl (C=O) groups excluding carboxylic acids is 2. The fraction of sp³-hybridized carbons (Fsp3) is 0.600. The Hall–Kier alpha value is -1.36. The van der Waals surface area contributed by atoms with E-state index >= 15 is 0 Å². The first-order chi connectivity index (χ1) is 9.52. The van der Waals surface area contributed by atoms with Gasteiger partial charge in [0.25, 0.3) is 5.91 Å². The van der Waals surface area contributed by atoms with E-state index in [1.54, 1.807) is 11.8 Å². The van der Waals surface area contributed by atoms with E-state index in [-0.39, 0.29) is 17.8 Å². The molecule has 1 fully saturated rings. The lowest BCUT2D eigenvalue weighted by Crippen LogP contribution is -2.42. The van der Waals surface area contributed by atoms with Crippen LogP contribution in [0.1, 0.15) is 39.9 Å². The molecule has 0 aromatic carbocycles. The molecule has 1 aliphatic rings. The zero-order chi connectivity index (χ0) is 14.7. The average molecular weight is 295 g/mol. The van der Waals surface area contributed by atoms with Gasteiger partial charge in [0.1, 0.15) is 0 Å². The molecule has 0 N–H and O–H groups in total. The Morgan fingerprint density at radius 1 is 1.45 bits per heavy atom. The van der Waals surface area contributed by atoms with E-state index in [9.17, 15) is 9.59 Å². The van der Waals surface area contributed by atoms with Gasteiger partial charge in [-0.2, -0.15) is 0 Å². The van der Waals surface area contributed by atoms with Crippen molar-refractivity contribution in [2.24, 2.45) is 5.92 Å². The number of likely N-dealkylation sites (tertiary alicyclic amines) is 1. The molecule has 5 heteroatoms. The number of hydrogen-bond acceptors (Lipinski definition) is 4. The van der Waals surface area contributed by atoms with Crippen LogP contribution in [0.5, 0.6) is 0 Å². The predicted octanol–water partition coefficient (Wildman–Crippen LogP) is 2.78. The van der Waals surface area contributed by atoms with Gasteiger partial charge in [-0.3, -0.25) is 9.59 Å². The molecule has 1 atom stereocenters. The van der Waals surface area contributed by atoms with Crippen LogP contribution in [0, 0.1) is 19.8 Å². The van der Waals surface area contributed by atoms with Crippen molar-refractivity contribution >= 4 is 23.2 Å². The first-order valence-corrected chi connectivity index (χ1v) is 7.87. The van der Waals surface area contributed by atoms with Crippen LogP contribution in [0.2, 0.25) is 0 Å². The lowest BCUT2D eigenvalue weighted by Gasteiger charge is -2.31. The summed E-state index contributed by atoms with van der Waals surface area (Å²) < 4.78 is 5.06. The van der Waals surface area contributed by atoms with Gasteiger partial charge < -0.3 is 9.64 Å². The first kappa shape index (κ1) is 15.0. The summed E-state index contributed by atoms with van der Waals surface area (Å²) in [5.74, 6) is -0.307. The number of ether oxygens (including phenoxy) is 1. The van der Waals surface area contributed by atoms with Gasteiger partial charge in [0, 0.05) is 18.0 Å². The molecule has 1 aromatic heterocycles. The Labute approximate surface area is 123 Å². The third-order valence-electron chi connectivity index (χ3n) is 3.71. The summed E-state index contributed by atoms with van der Waals surface area (Å²) in [6, 6.07) is 1.94. The highest BCUT2D eigenvalue weighted by Gasteiger charge is 2.30. The van der Waals surface area contributed by atoms with Crippen molar-refractivity contribution in [1.29, 1.82) is 0 Å². The van der Waals surface area contributed by atoms with Crippen molar-refractivity contribution in [2.45, 2.75) is 33.6 Å². The topological polar surface area (TPSA) is 46.6 Å². The highest BCUT2D eigenvalue weighted by Crippen LogP contribution is 2.25. The molecule has 110 valence electrons. The fourth-order valence-corrected chi connectivity index (χ4v) is 3.45. The number of esters is 1. The zero-order valence-corrected chi connectivity index (χ0v) is 13.1. The maximum absolute atomic E-state index is 12.5. The maximum Gasteiger partial charge on any atom is 0.310 e. The summed E-state index contributed by atoms with van der Waals surface area (Å²) in [4.78, 5) is 28.0. The Bertz CT molecular complexity index is 490. The number of carbonyl (C=O) groups is 2. The standard InChI is InChI=1S/C15H21NO3S/c1-4-19-15(18)12-6-5-7-16(9-12)14(17)13-8-10(2)11(3)20-13/h8,12H,4-7,9H2,1-3H3. The monoisotopic (exact) mass is 295 g/mol. The van der Waals surface area contributed by atoms with E-state index in [4.69, 9.17) is 4.74 Å². The number of hydrogen-bond donors (Lipinski definition) is 0. The van der Waals surface area contributed by atoms with Gasteiger partial charge in [0.05, 0.1) is 17.4 Å². The lowest BCUT2D eigenvalue weighted by molar-refractivity contribution is -0.149. The summed E-state index contributed by atoms with van der Waals surface area (Å²) in [5, 5.41) is 0. The fourth-order valence-electron chi connectivity index (χ4n) is 2.45. The molecular formula is C15H21NO3S. The van der Waals surface area contributed by atoms with Gasteiger partial charge in [0.2, 0.25) is 0 Å². The SMILES string of the molecule is CCOC(=O)C1CCCN(C(=O)c2cc(C)c(C)s2)C1. The molecular weight excluding hydrogens is 274 g/mol. The summed E-state index contributed by atoms with van der Waals surface area (Å²) in [7, 11) is 0. The van der Waals surface area contributed by atoms with Crippen molar-refractivity contribution in [3.05, 3.63) is 21.4 Å². The second-order valence-electron chi connectivity index (χ2n) is 5.19. The Morgan fingerprint density at radius 2 is 2.20 bits per heavy atom. The van der Waals surface area contributed by atoms with Gasteiger partial charge in [-0.15, -0.1) is 11.3 Å². The molecule has 1 aliphatic heterocycles. The predicted molar refractivity (Wildman–Crippen MR) is 79.1 cm³/mol. The Balaban J connectivity index is 2.05. The number of rotatable bonds is 3. The van der Waals surface area contributed by atoms with Crippen molar-refractivity contribution in [3.8, 4) is 0 Å². The maximum atomic E-state index is 12.5. The van der Waals surface area contributed by atoms with Crippen molar-refractivity contribution in [2.75, 3.05) is 19.7 Å². The number of thiophene rings is 1. The average Bonchev–Trinajstić information content (AvgIpc) is 2.78. The molecule has 20 heavy (non-hydrogen) atoms. The van der Waals surface area contributed by atoms with Crippen molar-refractivity contribution in [1.82, 2.24) is 4.90 Å². The molecule has 4 nitrogen and oxygen atoms in total. The molecule has 2 rings (SSSR count). The smallest absolute Gasteiger partial charge is 0.310 e. The van der Waals surface area contributed by atoms with Gasteiger partial charge in [-0.25, -0.2) is 0 Å². The second-order valence-corrected chi connectivity index (χ2v) is 6.45. The van der Waals surface area contributed by atoms with Crippen LogP contribution in [0.4, 0.5) is 0 Å². The molecule has 0 aliphatic carbocycles. The number of nitrogens with zero attached hydrogens (tertiary/aromatic N) is 1. The Kier molecular flexibility index (Phi) is 4.81. The number of piperidine rings is 1. The molecule has 0 radical (unpaired) electrons. The molecule has 0 bridgehead atoms. The minimum absolute atomic E-state index is 0.0419. The largest absolute Gasteiger partial charge is 0.466 e. The number of amides is 1. The minimum Gasteiger partial charge on any atom is -0.466 e. The van der Waals surface area contributed by atoms with Crippen LogP contribution in [0.3, 0.4) is 0 Å². The van der Waals surface area contributed by atoms with E-state index in [2.05, 4.69) is 0 Å². The highest BCUT2D eigenvalue weighted by molar-refractivity contribution is 7.14. The lowest BCUT2D eigenvalue weighted by atomic mass is 9.98.